The molecule has 1 heterocycles. The number of thiophene rings is 1. The van der Waals surface area contributed by atoms with Crippen LogP contribution in [-0.2, 0) is 6.61 Å². The number of benzene rings is 2. The average Bonchev–Trinajstić information content (AvgIpc) is 3.05. The van der Waals surface area contributed by atoms with Crippen molar-refractivity contribution in [2.75, 3.05) is 0 Å². The number of amides is 1. The third kappa shape index (κ3) is 3.59. The van der Waals surface area contributed by atoms with Gasteiger partial charge in [-0.3, -0.25) is 10.0 Å². The van der Waals surface area contributed by atoms with Crippen molar-refractivity contribution >= 4 is 17.2 Å². The van der Waals surface area contributed by atoms with Gasteiger partial charge in [0.2, 0.25) is 0 Å². The molecule has 0 bridgehead atoms. The summed E-state index contributed by atoms with van der Waals surface area (Å²) in [6, 6.07) is 21.0. The van der Waals surface area contributed by atoms with Crippen molar-refractivity contribution in [3.8, 4) is 16.9 Å². The minimum atomic E-state index is -0.514. The van der Waals surface area contributed by atoms with Gasteiger partial charge < -0.3 is 4.74 Å². The van der Waals surface area contributed by atoms with E-state index in [2.05, 4.69) is 0 Å². The first kappa shape index (κ1) is 15.3. The largest absolute Gasteiger partial charge is 0.488 e. The van der Waals surface area contributed by atoms with Crippen molar-refractivity contribution in [1.29, 1.82) is 0 Å². The van der Waals surface area contributed by atoms with Crippen LogP contribution in [0, 0.1) is 0 Å². The summed E-state index contributed by atoms with van der Waals surface area (Å²) in [4.78, 5) is 13.3. The Labute approximate surface area is 137 Å². The minimum absolute atomic E-state index is 0.368. The zero-order valence-corrected chi connectivity index (χ0v) is 13.0. The molecular formula is C18H15NO3S. The number of nitrogens with one attached hydrogen (secondary N) is 1. The van der Waals surface area contributed by atoms with Gasteiger partial charge in [-0.25, -0.2) is 5.48 Å². The molecule has 0 saturated carbocycles. The second kappa shape index (κ2) is 7.09. The molecule has 0 unspecified atom stereocenters. The van der Waals surface area contributed by atoms with E-state index in [-0.39, 0.29) is 0 Å². The Morgan fingerprint density at radius 2 is 1.70 bits per heavy atom. The topological polar surface area (TPSA) is 58.6 Å². The molecule has 2 N–H and O–H groups in total. The Morgan fingerprint density at radius 1 is 1.04 bits per heavy atom. The monoisotopic (exact) mass is 325 g/mol. The minimum Gasteiger partial charge on any atom is -0.488 e. The van der Waals surface area contributed by atoms with Crippen LogP contribution >= 0.6 is 11.3 Å². The Balaban J connectivity index is 1.87. The van der Waals surface area contributed by atoms with Gasteiger partial charge in [0.05, 0.1) is 0 Å². The van der Waals surface area contributed by atoms with Crippen LogP contribution in [0.25, 0.3) is 11.1 Å². The van der Waals surface area contributed by atoms with Gasteiger partial charge >= 0.3 is 0 Å². The van der Waals surface area contributed by atoms with E-state index in [0.29, 0.717) is 11.5 Å². The summed E-state index contributed by atoms with van der Waals surface area (Å²) in [5.41, 5.74) is 3.42. The quantitative estimate of drug-likeness (QED) is 0.548. The summed E-state index contributed by atoms with van der Waals surface area (Å²) in [6.07, 6.45) is 0. The number of carbonyl (C=O) groups excluding carboxylic acids is 1. The third-order valence-electron chi connectivity index (χ3n) is 3.30. The highest BCUT2D eigenvalue weighted by Crippen LogP contribution is 2.32. The molecule has 0 radical (unpaired) electrons. The summed E-state index contributed by atoms with van der Waals surface area (Å²) in [5.74, 6) is 0.259. The van der Waals surface area contributed by atoms with Gasteiger partial charge in [0.25, 0.3) is 5.91 Å². The van der Waals surface area contributed by atoms with Crippen LogP contribution < -0.4 is 10.2 Å². The molecular weight excluding hydrogens is 310 g/mol. The number of hydroxylamine groups is 1. The molecule has 0 aliphatic rings. The normalized spacial score (nSPS) is 10.3. The van der Waals surface area contributed by atoms with Crippen molar-refractivity contribution in [2.45, 2.75) is 6.61 Å². The first-order valence-corrected chi connectivity index (χ1v) is 7.90. The van der Waals surface area contributed by atoms with Gasteiger partial charge in [0, 0.05) is 10.4 Å². The maximum Gasteiger partial charge on any atom is 0.285 e. The number of para-hydroxylation sites is 1. The molecule has 0 spiro atoms. The summed E-state index contributed by atoms with van der Waals surface area (Å²) >= 11 is 1.31. The van der Waals surface area contributed by atoms with Crippen LogP contribution in [0.2, 0.25) is 0 Å². The lowest BCUT2D eigenvalue weighted by molar-refractivity contribution is 0.0711. The van der Waals surface area contributed by atoms with Crippen LogP contribution in [0.5, 0.6) is 5.75 Å². The fraction of sp³-hybridized carbons (Fsp3) is 0.0556. The maximum atomic E-state index is 11.9. The lowest BCUT2D eigenvalue weighted by Gasteiger charge is -2.03. The van der Waals surface area contributed by atoms with Gasteiger partial charge in [-0.2, -0.15) is 0 Å². The lowest BCUT2D eigenvalue weighted by Crippen LogP contribution is -2.17. The van der Waals surface area contributed by atoms with Crippen molar-refractivity contribution < 1.29 is 14.7 Å². The van der Waals surface area contributed by atoms with E-state index in [1.54, 1.807) is 5.48 Å². The Morgan fingerprint density at radius 3 is 2.35 bits per heavy atom. The summed E-state index contributed by atoms with van der Waals surface area (Å²) in [5, 5.41) is 8.95. The zero-order valence-electron chi connectivity index (χ0n) is 12.2. The van der Waals surface area contributed by atoms with E-state index in [1.165, 1.54) is 11.3 Å². The van der Waals surface area contributed by atoms with E-state index < -0.39 is 5.91 Å². The van der Waals surface area contributed by atoms with Gasteiger partial charge in [0.1, 0.15) is 17.2 Å². The van der Waals surface area contributed by atoms with Crippen molar-refractivity contribution in [2.24, 2.45) is 0 Å². The second-order valence-electron chi connectivity index (χ2n) is 4.86. The Kier molecular flexibility index (Phi) is 4.71. The van der Waals surface area contributed by atoms with E-state index in [0.717, 1.165) is 21.8 Å². The van der Waals surface area contributed by atoms with Crippen LogP contribution in [0.3, 0.4) is 0 Å². The van der Waals surface area contributed by atoms with Gasteiger partial charge in [-0.15, -0.1) is 11.3 Å². The molecule has 116 valence electrons. The lowest BCUT2D eigenvalue weighted by atomic mass is 10.1. The number of ether oxygens (including phenoxy) is 1. The van der Waals surface area contributed by atoms with E-state index in [9.17, 15) is 4.79 Å². The fourth-order valence-electron chi connectivity index (χ4n) is 2.24. The molecule has 0 aliphatic carbocycles. The molecule has 3 rings (SSSR count). The highest BCUT2D eigenvalue weighted by molar-refractivity contribution is 7.14. The molecule has 0 fully saturated rings. The Bertz CT molecular complexity index is 785. The van der Waals surface area contributed by atoms with E-state index in [4.69, 9.17) is 9.94 Å². The first-order valence-electron chi connectivity index (χ1n) is 7.08. The SMILES string of the molecule is O=C(NO)c1sc(COc2ccccc2)cc1-c1ccccc1. The summed E-state index contributed by atoms with van der Waals surface area (Å²) in [6.45, 7) is 0.368. The molecule has 3 aromatic rings. The van der Waals surface area contributed by atoms with Gasteiger partial charge in [-0.05, 0) is 23.8 Å². The zero-order chi connectivity index (χ0) is 16.1. The number of carbonyl (C=O) groups is 1. The predicted molar refractivity (Wildman–Crippen MR) is 89.8 cm³/mol. The van der Waals surface area contributed by atoms with Gasteiger partial charge in [0.15, 0.2) is 0 Å². The van der Waals surface area contributed by atoms with Gasteiger partial charge in [-0.1, -0.05) is 48.5 Å². The fourth-order valence-corrected chi connectivity index (χ4v) is 3.22. The summed E-state index contributed by atoms with van der Waals surface area (Å²) < 4.78 is 5.73. The molecule has 2 aromatic carbocycles. The molecule has 1 aromatic heterocycles. The second-order valence-corrected chi connectivity index (χ2v) is 6.00. The van der Waals surface area contributed by atoms with Crippen LogP contribution in [0.4, 0.5) is 0 Å². The van der Waals surface area contributed by atoms with Crippen LogP contribution in [0.15, 0.2) is 66.7 Å². The third-order valence-corrected chi connectivity index (χ3v) is 4.41. The smallest absolute Gasteiger partial charge is 0.285 e. The van der Waals surface area contributed by atoms with E-state index in [1.807, 2.05) is 66.7 Å². The number of hydrogen-bond donors (Lipinski definition) is 2. The predicted octanol–water partition coefficient (Wildman–Crippen LogP) is 4.11. The van der Waals surface area contributed by atoms with Crippen LogP contribution in [-0.4, -0.2) is 11.1 Å². The maximum absolute atomic E-state index is 11.9. The van der Waals surface area contributed by atoms with Crippen molar-refractivity contribution in [3.05, 3.63) is 76.5 Å². The molecule has 0 saturated heterocycles. The molecule has 1 amide bonds. The molecule has 5 heteroatoms. The van der Waals surface area contributed by atoms with Crippen molar-refractivity contribution in [1.82, 2.24) is 5.48 Å². The highest BCUT2D eigenvalue weighted by Gasteiger charge is 2.17. The summed E-state index contributed by atoms with van der Waals surface area (Å²) in [7, 11) is 0. The molecule has 0 atom stereocenters. The highest BCUT2D eigenvalue weighted by atomic mass is 32.1. The Hall–Kier alpha value is -2.63. The molecule has 4 nitrogen and oxygen atoms in total. The van der Waals surface area contributed by atoms with Crippen LogP contribution in [0.1, 0.15) is 14.5 Å². The molecule has 0 aliphatic heterocycles. The first-order chi connectivity index (χ1) is 11.3. The molecule has 23 heavy (non-hydrogen) atoms. The number of hydrogen-bond acceptors (Lipinski definition) is 4. The standard InChI is InChI=1S/C18H15NO3S/c20-18(19-21)17-16(13-7-3-1-4-8-13)11-15(23-17)12-22-14-9-5-2-6-10-14/h1-11,21H,12H2,(H,19,20). The average molecular weight is 325 g/mol. The van der Waals surface area contributed by atoms with E-state index >= 15 is 0 Å². The number of rotatable bonds is 5. The van der Waals surface area contributed by atoms with Crippen molar-refractivity contribution in [3.63, 3.8) is 0 Å².